The summed E-state index contributed by atoms with van der Waals surface area (Å²) in [5.41, 5.74) is -4.09. The predicted molar refractivity (Wildman–Crippen MR) is 59.5 cm³/mol. The van der Waals surface area contributed by atoms with E-state index in [0.29, 0.717) is 12.6 Å². The summed E-state index contributed by atoms with van der Waals surface area (Å²) >= 11 is 0.0603. The molecule has 0 radical (unpaired) electrons. The molecule has 94 valence electrons. The number of nitrogens with one attached hydrogen (secondary N) is 1. The van der Waals surface area contributed by atoms with Crippen LogP contribution in [0.1, 0.15) is 19.3 Å². The summed E-state index contributed by atoms with van der Waals surface area (Å²) in [6, 6.07) is 1.17. The molecule has 2 nitrogen and oxygen atoms in total. The van der Waals surface area contributed by atoms with Crippen LogP contribution in [0.25, 0.3) is 0 Å². The molecule has 1 saturated heterocycles. The monoisotopic (exact) mass is 254 g/mol. The van der Waals surface area contributed by atoms with E-state index < -0.39 is 5.51 Å². The highest BCUT2D eigenvalue weighted by Crippen LogP contribution is 2.30. The Labute approximate surface area is 97.9 Å². The molecule has 1 atom stereocenters. The molecule has 0 amide bonds. The second-order valence-corrected chi connectivity index (χ2v) is 5.62. The molecular weight excluding hydrogens is 237 g/mol. The first kappa shape index (κ1) is 12.5. The Morgan fingerprint density at radius 3 is 2.62 bits per heavy atom. The lowest BCUT2D eigenvalue weighted by molar-refractivity contribution is -0.0327. The van der Waals surface area contributed by atoms with E-state index in [9.17, 15) is 13.2 Å². The maximum atomic E-state index is 11.9. The van der Waals surface area contributed by atoms with Crippen LogP contribution >= 0.6 is 11.8 Å². The summed E-state index contributed by atoms with van der Waals surface area (Å²) in [5.74, 6) is 0.115. The van der Waals surface area contributed by atoms with Gasteiger partial charge in [-0.05, 0) is 31.0 Å². The van der Waals surface area contributed by atoms with Gasteiger partial charge in [-0.2, -0.15) is 13.2 Å². The highest BCUT2D eigenvalue weighted by atomic mass is 32.2. The maximum absolute atomic E-state index is 11.9. The van der Waals surface area contributed by atoms with Crippen LogP contribution in [0.4, 0.5) is 13.2 Å². The minimum absolute atomic E-state index is 0.0603. The maximum Gasteiger partial charge on any atom is 0.441 e. The number of thioether (sulfide) groups is 1. The number of likely N-dealkylation sites (tertiary alicyclic amines) is 1. The second kappa shape index (κ2) is 5.14. The average Bonchev–Trinajstić information content (AvgIpc) is 2.93. The van der Waals surface area contributed by atoms with Crippen LogP contribution in [-0.4, -0.2) is 47.9 Å². The fourth-order valence-corrected chi connectivity index (χ4v) is 2.61. The van der Waals surface area contributed by atoms with Gasteiger partial charge in [-0.1, -0.05) is 0 Å². The lowest BCUT2D eigenvalue weighted by Gasteiger charge is -2.15. The van der Waals surface area contributed by atoms with Crippen molar-refractivity contribution in [3.8, 4) is 0 Å². The van der Waals surface area contributed by atoms with Crippen molar-refractivity contribution < 1.29 is 13.2 Å². The molecule has 1 unspecified atom stereocenters. The van der Waals surface area contributed by atoms with E-state index in [0.717, 1.165) is 25.6 Å². The zero-order chi connectivity index (χ0) is 11.6. The molecular formula is C10H17F3N2S. The van der Waals surface area contributed by atoms with Gasteiger partial charge in [0, 0.05) is 37.5 Å². The summed E-state index contributed by atoms with van der Waals surface area (Å²) in [7, 11) is 0. The van der Waals surface area contributed by atoms with E-state index in [1.165, 1.54) is 12.8 Å². The first-order valence-electron chi connectivity index (χ1n) is 5.73. The summed E-state index contributed by atoms with van der Waals surface area (Å²) in [6.07, 6.45) is 3.68. The number of rotatable bonds is 5. The number of hydrogen-bond donors (Lipinski definition) is 1. The Balaban J connectivity index is 1.54. The normalized spacial score (nSPS) is 27.6. The zero-order valence-electron chi connectivity index (χ0n) is 9.09. The Kier molecular flexibility index (Phi) is 4.02. The van der Waals surface area contributed by atoms with Gasteiger partial charge in [-0.15, -0.1) is 0 Å². The second-order valence-electron chi connectivity index (χ2n) is 4.46. The molecule has 2 aliphatic rings. The molecule has 0 aromatic carbocycles. The number of hydrogen-bond acceptors (Lipinski definition) is 3. The molecule has 0 spiro atoms. The molecule has 0 aromatic heterocycles. The first-order valence-corrected chi connectivity index (χ1v) is 6.71. The minimum Gasteiger partial charge on any atom is -0.312 e. The van der Waals surface area contributed by atoms with Crippen LogP contribution in [0.3, 0.4) is 0 Å². The number of alkyl halides is 3. The lowest BCUT2D eigenvalue weighted by atomic mass is 10.3. The molecule has 1 N–H and O–H groups in total. The molecule has 0 aromatic rings. The van der Waals surface area contributed by atoms with Crippen LogP contribution in [0, 0.1) is 0 Å². The Morgan fingerprint density at radius 1 is 1.25 bits per heavy atom. The van der Waals surface area contributed by atoms with Crippen molar-refractivity contribution in [2.75, 3.05) is 25.4 Å². The Morgan fingerprint density at radius 2 is 2.00 bits per heavy atom. The fourth-order valence-electron chi connectivity index (χ4n) is 2.16. The first-order chi connectivity index (χ1) is 7.54. The topological polar surface area (TPSA) is 15.3 Å². The van der Waals surface area contributed by atoms with Gasteiger partial charge in [0.05, 0.1) is 0 Å². The quantitative estimate of drug-likeness (QED) is 0.756. The molecule has 16 heavy (non-hydrogen) atoms. The molecule has 0 bridgehead atoms. The van der Waals surface area contributed by atoms with E-state index in [4.69, 9.17) is 0 Å². The molecule has 6 heteroatoms. The van der Waals surface area contributed by atoms with Gasteiger partial charge in [-0.3, -0.25) is 4.90 Å². The summed E-state index contributed by atoms with van der Waals surface area (Å²) in [5, 5.41) is 3.20. The molecule has 1 heterocycles. The molecule has 1 aliphatic carbocycles. The third kappa shape index (κ3) is 4.14. The molecule has 2 fully saturated rings. The van der Waals surface area contributed by atoms with Gasteiger partial charge in [0.2, 0.25) is 0 Å². The summed E-state index contributed by atoms with van der Waals surface area (Å²) in [4.78, 5) is 2.45. The highest BCUT2D eigenvalue weighted by molar-refractivity contribution is 8.00. The van der Waals surface area contributed by atoms with E-state index in [-0.39, 0.29) is 17.5 Å². The van der Waals surface area contributed by atoms with E-state index in [2.05, 4.69) is 10.2 Å². The van der Waals surface area contributed by atoms with Gasteiger partial charge >= 0.3 is 5.51 Å². The summed E-state index contributed by atoms with van der Waals surface area (Å²) < 4.78 is 35.6. The standard InChI is InChI=1S/C10H17F3N2S/c11-10(12,13)16-6-4-14-8-3-5-15(7-8)9-1-2-9/h8-9,14H,1-7H2. The van der Waals surface area contributed by atoms with Gasteiger partial charge in [-0.25, -0.2) is 0 Å². The lowest BCUT2D eigenvalue weighted by Crippen LogP contribution is -2.34. The van der Waals surface area contributed by atoms with Crippen molar-refractivity contribution >= 4 is 11.8 Å². The van der Waals surface area contributed by atoms with E-state index in [1.54, 1.807) is 0 Å². The van der Waals surface area contributed by atoms with Crippen molar-refractivity contribution in [1.29, 1.82) is 0 Å². The average molecular weight is 254 g/mol. The highest BCUT2D eigenvalue weighted by Gasteiger charge is 2.34. The van der Waals surface area contributed by atoms with Crippen molar-refractivity contribution in [3.05, 3.63) is 0 Å². The Hall–Kier alpha value is 0.0600. The van der Waals surface area contributed by atoms with Gasteiger partial charge in [0.15, 0.2) is 0 Å². The van der Waals surface area contributed by atoms with E-state index >= 15 is 0 Å². The Bertz CT molecular complexity index is 231. The minimum atomic E-state index is -4.09. The number of halogens is 3. The predicted octanol–water partition coefficient (Wildman–Crippen LogP) is 2.07. The fraction of sp³-hybridized carbons (Fsp3) is 1.00. The zero-order valence-corrected chi connectivity index (χ0v) is 9.91. The van der Waals surface area contributed by atoms with Crippen LogP contribution < -0.4 is 5.32 Å². The molecule has 1 saturated carbocycles. The van der Waals surface area contributed by atoms with Crippen LogP contribution in [-0.2, 0) is 0 Å². The van der Waals surface area contributed by atoms with Gasteiger partial charge < -0.3 is 5.32 Å². The van der Waals surface area contributed by atoms with Gasteiger partial charge in [0.25, 0.3) is 0 Å². The molecule has 1 aliphatic heterocycles. The largest absolute Gasteiger partial charge is 0.441 e. The third-order valence-corrected chi connectivity index (χ3v) is 3.82. The van der Waals surface area contributed by atoms with Crippen molar-refractivity contribution in [1.82, 2.24) is 10.2 Å². The van der Waals surface area contributed by atoms with Crippen LogP contribution in [0.15, 0.2) is 0 Å². The smallest absolute Gasteiger partial charge is 0.312 e. The third-order valence-electron chi connectivity index (χ3n) is 3.08. The number of nitrogens with zero attached hydrogens (tertiary/aromatic N) is 1. The van der Waals surface area contributed by atoms with Crippen molar-refractivity contribution in [3.63, 3.8) is 0 Å². The van der Waals surface area contributed by atoms with Crippen molar-refractivity contribution in [2.45, 2.75) is 36.9 Å². The van der Waals surface area contributed by atoms with Crippen LogP contribution in [0.2, 0.25) is 0 Å². The SMILES string of the molecule is FC(F)(F)SCCNC1CCN(C2CC2)C1. The summed E-state index contributed by atoms with van der Waals surface area (Å²) in [6.45, 7) is 2.57. The molecule has 2 rings (SSSR count). The van der Waals surface area contributed by atoms with Crippen molar-refractivity contribution in [2.24, 2.45) is 0 Å². The van der Waals surface area contributed by atoms with E-state index in [1.807, 2.05) is 0 Å². The van der Waals surface area contributed by atoms with Crippen LogP contribution in [0.5, 0.6) is 0 Å². The van der Waals surface area contributed by atoms with Gasteiger partial charge in [0.1, 0.15) is 0 Å².